The van der Waals surface area contributed by atoms with Gasteiger partial charge in [-0.1, -0.05) is 19.4 Å². The summed E-state index contributed by atoms with van der Waals surface area (Å²) in [4.78, 5) is 9.51. The maximum atomic E-state index is 11.1. The molecule has 0 spiro atoms. The molecule has 0 amide bonds. The highest BCUT2D eigenvalue weighted by molar-refractivity contribution is 8.13. The van der Waals surface area contributed by atoms with Crippen LogP contribution < -0.4 is 0 Å². The van der Waals surface area contributed by atoms with Crippen LogP contribution in [0.15, 0.2) is 23.1 Å². The molecule has 1 aromatic rings. The lowest BCUT2D eigenvalue weighted by Gasteiger charge is -2.02. The van der Waals surface area contributed by atoms with E-state index < -0.39 is 24.6 Å². The van der Waals surface area contributed by atoms with Crippen molar-refractivity contribution in [3.8, 4) is 0 Å². The van der Waals surface area contributed by atoms with Gasteiger partial charge in [0.25, 0.3) is 14.7 Å². The minimum Gasteiger partial charge on any atom is -0.258 e. The SMILES string of the molecule is CCCc1ccc(S(=O)(=O)Cl)c([N+](=O)[O-])c1. The van der Waals surface area contributed by atoms with Crippen molar-refractivity contribution in [2.75, 3.05) is 0 Å². The van der Waals surface area contributed by atoms with Gasteiger partial charge < -0.3 is 0 Å². The van der Waals surface area contributed by atoms with Crippen LogP contribution in [-0.2, 0) is 15.5 Å². The molecular weight excluding hydrogens is 254 g/mol. The molecule has 0 N–H and O–H groups in total. The van der Waals surface area contributed by atoms with E-state index in [4.69, 9.17) is 10.7 Å². The summed E-state index contributed by atoms with van der Waals surface area (Å²) in [6.07, 6.45) is 1.48. The van der Waals surface area contributed by atoms with E-state index in [2.05, 4.69) is 0 Å². The topological polar surface area (TPSA) is 77.3 Å². The number of rotatable bonds is 4. The number of nitro benzene ring substituents is 1. The van der Waals surface area contributed by atoms with Crippen LogP contribution in [0.5, 0.6) is 0 Å². The van der Waals surface area contributed by atoms with Crippen molar-refractivity contribution in [1.29, 1.82) is 0 Å². The number of halogens is 1. The normalized spacial score (nSPS) is 11.4. The third kappa shape index (κ3) is 2.93. The van der Waals surface area contributed by atoms with Gasteiger partial charge >= 0.3 is 0 Å². The lowest BCUT2D eigenvalue weighted by molar-refractivity contribution is -0.387. The first-order chi connectivity index (χ1) is 7.36. The molecule has 0 bridgehead atoms. The second kappa shape index (κ2) is 4.80. The van der Waals surface area contributed by atoms with Crippen molar-refractivity contribution >= 4 is 25.4 Å². The largest absolute Gasteiger partial charge is 0.289 e. The molecule has 0 aromatic heterocycles. The monoisotopic (exact) mass is 263 g/mol. The van der Waals surface area contributed by atoms with E-state index in [0.29, 0.717) is 6.42 Å². The third-order valence-electron chi connectivity index (χ3n) is 2.02. The van der Waals surface area contributed by atoms with Crippen molar-refractivity contribution in [2.24, 2.45) is 0 Å². The van der Waals surface area contributed by atoms with Crippen LogP contribution in [0, 0.1) is 10.1 Å². The Balaban J connectivity index is 3.37. The van der Waals surface area contributed by atoms with Gasteiger partial charge in [0.15, 0.2) is 4.90 Å². The molecule has 0 aliphatic heterocycles. The van der Waals surface area contributed by atoms with E-state index in [1.165, 1.54) is 18.2 Å². The number of nitrogens with zero attached hydrogens (tertiary/aromatic N) is 1. The number of aryl methyl sites for hydroxylation is 1. The summed E-state index contributed by atoms with van der Waals surface area (Å²) in [6.45, 7) is 1.93. The van der Waals surface area contributed by atoms with Gasteiger partial charge in [-0.3, -0.25) is 10.1 Å². The fourth-order valence-corrected chi connectivity index (χ4v) is 2.36. The second-order valence-corrected chi connectivity index (χ2v) is 5.78. The number of hydrogen-bond donors (Lipinski definition) is 0. The Hall–Kier alpha value is -1.14. The lowest BCUT2D eigenvalue weighted by atomic mass is 10.1. The molecule has 0 saturated carbocycles. The Morgan fingerprint density at radius 3 is 2.50 bits per heavy atom. The number of nitro groups is 1. The van der Waals surface area contributed by atoms with Gasteiger partial charge in [0.2, 0.25) is 0 Å². The molecule has 0 radical (unpaired) electrons. The third-order valence-corrected chi connectivity index (χ3v) is 3.39. The van der Waals surface area contributed by atoms with E-state index >= 15 is 0 Å². The molecule has 0 aliphatic rings. The molecular formula is C9H10ClNO4S. The fraction of sp³-hybridized carbons (Fsp3) is 0.333. The van der Waals surface area contributed by atoms with Gasteiger partial charge in [0.1, 0.15) is 0 Å². The number of benzene rings is 1. The number of hydrogen-bond acceptors (Lipinski definition) is 4. The summed E-state index contributed by atoms with van der Waals surface area (Å²) in [5.41, 5.74) is 0.249. The molecule has 16 heavy (non-hydrogen) atoms. The van der Waals surface area contributed by atoms with Crippen LogP contribution in [0.1, 0.15) is 18.9 Å². The second-order valence-electron chi connectivity index (χ2n) is 3.25. The lowest BCUT2D eigenvalue weighted by Crippen LogP contribution is -2.00. The van der Waals surface area contributed by atoms with Crippen molar-refractivity contribution in [2.45, 2.75) is 24.7 Å². The molecule has 5 nitrogen and oxygen atoms in total. The molecule has 0 atom stereocenters. The van der Waals surface area contributed by atoms with Crippen LogP contribution in [0.2, 0.25) is 0 Å². The van der Waals surface area contributed by atoms with Crippen molar-refractivity contribution < 1.29 is 13.3 Å². The van der Waals surface area contributed by atoms with Crippen molar-refractivity contribution in [1.82, 2.24) is 0 Å². The summed E-state index contributed by atoms with van der Waals surface area (Å²) in [6, 6.07) is 3.95. The summed E-state index contributed by atoms with van der Waals surface area (Å²) in [5.74, 6) is 0. The first-order valence-corrected chi connectivity index (χ1v) is 6.89. The minimum absolute atomic E-state index is 0.459. The Labute approximate surface area is 97.6 Å². The first-order valence-electron chi connectivity index (χ1n) is 4.58. The average Bonchev–Trinajstić information content (AvgIpc) is 2.16. The Kier molecular flexibility index (Phi) is 3.88. The molecule has 0 saturated heterocycles. The van der Waals surface area contributed by atoms with Crippen molar-refractivity contribution in [3.63, 3.8) is 0 Å². The summed E-state index contributed by atoms with van der Waals surface area (Å²) in [5, 5.41) is 10.7. The maximum absolute atomic E-state index is 11.1. The molecule has 0 fully saturated rings. The van der Waals surface area contributed by atoms with E-state index in [-0.39, 0.29) is 0 Å². The zero-order valence-electron chi connectivity index (χ0n) is 8.51. The highest BCUT2D eigenvalue weighted by atomic mass is 35.7. The van der Waals surface area contributed by atoms with Crippen LogP contribution in [-0.4, -0.2) is 13.3 Å². The molecule has 88 valence electrons. The molecule has 7 heteroatoms. The highest BCUT2D eigenvalue weighted by Gasteiger charge is 2.23. The first kappa shape index (κ1) is 12.9. The Morgan fingerprint density at radius 2 is 2.06 bits per heavy atom. The van der Waals surface area contributed by atoms with Gasteiger partial charge in [-0.05, 0) is 18.1 Å². The summed E-state index contributed by atoms with van der Waals surface area (Å²) >= 11 is 0. The summed E-state index contributed by atoms with van der Waals surface area (Å²) < 4.78 is 22.2. The predicted molar refractivity (Wildman–Crippen MR) is 60.1 cm³/mol. The minimum atomic E-state index is -4.08. The van der Waals surface area contributed by atoms with Crippen LogP contribution >= 0.6 is 10.7 Å². The smallest absolute Gasteiger partial charge is 0.258 e. The van der Waals surface area contributed by atoms with Crippen LogP contribution in [0.25, 0.3) is 0 Å². The Bertz CT molecular complexity index is 512. The average molecular weight is 264 g/mol. The van der Waals surface area contributed by atoms with Crippen molar-refractivity contribution in [3.05, 3.63) is 33.9 Å². The molecule has 0 aliphatic carbocycles. The van der Waals surface area contributed by atoms with Gasteiger partial charge in [-0.2, -0.15) is 0 Å². The fourth-order valence-electron chi connectivity index (χ4n) is 1.36. The van der Waals surface area contributed by atoms with Gasteiger partial charge in [-0.25, -0.2) is 8.42 Å². The quantitative estimate of drug-likeness (QED) is 0.475. The zero-order chi connectivity index (χ0) is 12.3. The Morgan fingerprint density at radius 1 is 1.44 bits per heavy atom. The highest BCUT2D eigenvalue weighted by Crippen LogP contribution is 2.28. The maximum Gasteiger partial charge on any atom is 0.289 e. The van der Waals surface area contributed by atoms with E-state index in [1.54, 1.807) is 0 Å². The molecule has 1 rings (SSSR count). The predicted octanol–water partition coefficient (Wildman–Crippen LogP) is 2.47. The van der Waals surface area contributed by atoms with Gasteiger partial charge in [0, 0.05) is 16.7 Å². The van der Waals surface area contributed by atoms with E-state index in [1.807, 2.05) is 6.92 Å². The molecule has 0 unspecified atom stereocenters. The van der Waals surface area contributed by atoms with E-state index in [0.717, 1.165) is 12.0 Å². The molecule has 1 aromatic carbocycles. The van der Waals surface area contributed by atoms with Crippen LogP contribution in [0.3, 0.4) is 0 Å². The van der Waals surface area contributed by atoms with E-state index in [9.17, 15) is 18.5 Å². The van der Waals surface area contributed by atoms with Gasteiger partial charge in [0.05, 0.1) is 4.92 Å². The molecule has 0 heterocycles. The zero-order valence-corrected chi connectivity index (χ0v) is 10.1. The van der Waals surface area contributed by atoms with Crippen LogP contribution in [0.4, 0.5) is 5.69 Å². The summed E-state index contributed by atoms with van der Waals surface area (Å²) in [7, 11) is 1.03. The van der Waals surface area contributed by atoms with Gasteiger partial charge in [-0.15, -0.1) is 0 Å². The standard InChI is InChI=1S/C9H10ClNO4S/c1-2-3-7-4-5-9(16(10,14)15)8(6-7)11(12)13/h4-6H,2-3H2,1H3.